The van der Waals surface area contributed by atoms with E-state index in [4.69, 9.17) is 0 Å². The third-order valence-electron chi connectivity index (χ3n) is 2.76. The molecule has 1 aromatic carbocycles. The van der Waals surface area contributed by atoms with Gasteiger partial charge in [0.2, 0.25) is 0 Å². The Morgan fingerprint density at radius 3 is 2.69 bits per heavy atom. The number of aromatic hydroxyl groups is 1. The van der Waals surface area contributed by atoms with Gasteiger partial charge in [0.15, 0.2) is 5.78 Å². The number of carbonyl (C=O) groups is 1. The first-order valence-electron chi connectivity index (χ1n) is 5.54. The maximum atomic E-state index is 11.5. The standard InChI is InChI=1S/C13H15NO2/c15-12-7-3-1-5-10(12)9-14-11-6-2-4-8-13(11)16/h2,4,6,8-9,14,16H,1,3,5,7H2/b10-9-. The van der Waals surface area contributed by atoms with Gasteiger partial charge < -0.3 is 10.4 Å². The second-order valence-electron chi connectivity index (χ2n) is 3.96. The molecule has 0 unspecified atom stereocenters. The molecule has 0 aromatic heterocycles. The molecule has 2 N–H and O–H groups in total. The molecule has 1 aromatic rings. The van der Waals surface area contributed by atoms with E-state index in [-0.39, 0.29) is 11.5 Å². The van der Waals surface area contributed by atoms with Crippen LogP contribution in [0.3, 0.4) is 0 Å². The van der Waals surface area contributed by atoms with E-state index in [0.29, 0.717) is 12.1 Å². The minimum Gasteiger partial charge on any atom is -0.506 e. The molecule has 0 radical (unpaired) electrons. The van der Waals surface area contributed by atoms with E-state index < -0.39 is 0 Å². The zero-order valence-electron chi connectivity index (χ0n) is 9.07. The first-order valence-corrected chi connectivity index (χ1v) is 5.54. The van der Waals surface area contributed by atoms with Crippen molar-refractivity contribution in [3.8, 4) is 5.75 Å². The van der Waals surface area contributed by atoms with Gasteiger partial charge in [-0.1, -0.05) is 12.1 Å². The van der Waals surface area contributed by atoms with Gasteiger partial charge in [-0.25, -0.2) is 0 Å². The molecule has 1 aliphatic carbocycles. The number of ketones is 1. The molecule has 0 amide bonds. The Kier molecular flexibility index (Phi) is 3.25. The monoisotopic (exact) mass is 217 g/mol. The Labute approximate surface area is 94.8 Å². The Hall–Kier alpha value is -1.77. The summed E-state index contributed by atoms with van der Waals surface area (Å²) < 4.78 is 0. The topological polar surface area (TPSA) is 49.3 Å². The zero-order valence-corrected chi connectivity index (χ0v) is 9.07. The van der Waals surface area contributed by atoms with Crippen LogP contribution in [0.1, 0.15) is 25.7 Å². The Morgan fingerprint density at radius 1 is 1.19 bits per heavy atom. The van der Waals surface area contributed by atoms with Crippen LogP contribution >= 0.6 is 0 Å². The number of benzene rings is 1. The summed E-state index contributed by atoms with van der Waals surface area (Å²) >= 11 is 0. The lowest BCUT2D eigenvalue weighted by molar-refractivity contribution is -0.116. The summed E-state index contributed by atoms with van der Waals surface area (Å²) in [6.07, 6.45) is 5.26. The van der Waals surface area contributed by atoms with Gasteiger partial charge in [0.05, 0.1) is 5.69 Å². The maximum absolute atomic E-state index is 11.5. The van der Waals surface area contributed by atoms with E-state index in [1.807, 2.05) is 6.07 Å². The van der Waals surface area contributed by atoms with E-state index in [1.165, 1.54) is 0 Å². The molecule has 1 saturated carbocycles. The number of anilines is 1. The molecule has 16 heavy (non-hydrogen) atoms. The third kappa shape index (κ3) is 2.42. The molecular weight excluding hydrogens is 202 g/mol. The highest BCUT2D eigenvalue weighted by molar-refractivity contribution is 5.96. The molecule has 0 bridgehead atoms. The first kappa shape index (κ1) is 10.7. The van der Waals surface area contributed by atoms with Crippen molar-refractivity contribution >= 4 is 11.5 Å². The lowest BCUT2D eigenvalue weighted by atomic mass is 9.94. The normalized spacial score (nSPS) is 18.8. The number of carbonyl (C=O) groups excluding carboxylic acids is 1. The number of hydrogen-bond donors (Lipinski definition) is 2. The summed E-state index contributed by atoms with van der Waals surface area (Å²) in [5.41, 5.74) is 1.46. The number of nitrogens with one attached hydrogen (secondary N) is 1. The van der Waals surface area contributed by atoms with Gasteiger partial charge in [-0.05, 0) is 31.4 Å². The second-order valence-corrected chi connectivity index (χ2v) is 3.96. The van der Waals surface area contributed by atoms with Crippen molar-refractivity contribution in [2.24, 2.45) is 0 Å². The van der Waals surface area contributed by atoms with Crippen molar-refractivity contribution in [3.05, 3.63) is 36.0 Å². The van der Waals surface area contributed by atoms with E-state index in [2.05, 4.69) is 5.32 Å². The van der Waals surface area contributed by atoms with Crippen LogP contribution in [-0.4, -0.2) is 10.9 Å². The molecule has 0 heterocycles. The molecule has 0 atom stereocenters. The molecule has 0 aliphatic heterocycles. The molecule has 0 saturated heterocycles. The first-order chi connectivity index (χ1) is 7.77. The van der Waals surface area contributed by atoms with Crippen LogP contribution in [0.2, 0.25) is 0 Å². The van der Waals surface area contributed by atoms with Crippen molar-refractivity contribution in [2.45, 2.75) is 25.7 Å². The molecule has 3 nitrogen and oxygen atoms in total. The predicted molar refractivity (Wildman–Crippen MR) is 63.3 cm³/mol. The van der Waals surface area contributed by atoms with E-state index in [9.17, 15) is 9.90 Å². The number of phenols is 1. The van der Waals surface area contributed by atoms with Gasteiger partial charge in [0.25, 0.3) is 0 Å². The Morgan fingerprint density at radius 2 is 1.94 bits per heavy atom. The number of rotatable bonds is 2. The van der Waals surface area contributed by atoms with E-state index >= 15 is 0 Å². The zero-order chi connectivity index (χ0) is 11.4. The van der Waals surface area contributed by atoms with Gasteiger partial charge in [0, 0.05) is 18.2 Å². The number of allylic oxidation sites excluding steroid dienone is 1. The van der Waals surface area contributed by atoms with Gasteiger partial charge in [-0.2, -0.15) is 0 Å². The van der Waals surface area contributed by atoms with Crippen molar-refractivity contribution < 1.29 is 9.90 Å². The summed E-state index contributed by atoms with van der Waals surface area (Å²) in [4.78, 5) is 11.5. The van der Waals surface area contributed by atoms with Crippen molar-refractivity contribution in [3.63, 3.8) is 0 Å². The van der Waals surface area contributed by atoms with Gasteiger partial charge in [-0.3, -0.25) is 4.79 Å². The van der Waals surface area contributed by atoms with Crippen LogP contribution in [0.25, 0.3) is 0 Å². The van der Waals surface area contributed by atoms with Gasteiger partial charge in [0.1, 0.15) is 5.75 Å². The Bertz CT molecular complexity index is 424. The maximum Gasteiger partial charge on any atom is 0.160 e. The highest BCUT2D eigenvalue weighted by Crippen LogP contribution is 2.24. The predicted octanol–water partition coefficient (Wildman–Crippen LogP) is 2.83. The SMILES string of the molecule is O=C1CCCC/C1=C/Nc1ccccc1O. The summed E-state index contributed by atoms with van der Waals surface area (Å²) in [7, 11) is 0. The minimum atomic E-state index is 0.197. The average Bonchev–Trinajstić information content (AvgIpc) is 2.30. The fourth-order valence-electron chi connectivity index (χ4n) is 1.81. The molecule has 84 valence electrons. The van der Waals surface area contributed by atoms with Crippen LogP contribution < -0.4 is 5.32 Å². The highest BCUT2D eigenvalue weighted by Gasteiger charge is 2.14. The number of para-hydroxylation sites is 2. The second kappa shape index (κ2) is 4.84. The number of phenolic OH excluding ortho intramolecular Hbond substituents is 1. The summed E-state index contributed by atoms with van der Waals surface area (Å²) in [6.45, 7) is 0. The largest absolute Gasteiger partial charge is 0.506 e. The van der Waals surface area contributed by atoms with Crippen LogP contribution in [0, 0.1) is 0 Å². The van der Waals surface area contributed by atoms with Crippen molar-refractivity contribution in [2.75, 3.05) is 5.32 Å². The van der Waals surface area contributed by atoms with Crippen LogP contribution in [0.5, 0.6) is 5.75 Å². The van der Waals surface area contributed by atoms with Gasteiger partial charge >= 0.3 is 0 Å². The third-order valence-corrected chi connectivity index (χ3v) is 2.76. The van der Waals surface area contributed by atoms with Crippen molar-refractivity contribution in [1.29, 1.82) is 0 Å². The molecule has 1 aliphatic rings. The molecule has 3 heteroatoms. The Balaban J connectivity index is 2.08. The summed E-state index contributed by atoms with van der Waals surface area (Å²) in [5.74, 6) is 0.414. The lowest BCUT2D eigenvalue weighted by Crippen LogP contribution is -2.09. The molecular formula is C13H15NO2. The highest BCUT2D eigenvalue weighted by atomic mass is 16.3. The minimum absolute atomic E-state index is 0.197. The van der Waals surface area contributed by atoms with Gasteiger partial charge in [-0.15, -0.1) is 0 Å². The fourth-order valence-corrected chi connectivity index (χ4v) is 1.81. The quantitative estimate of drug-likeness (QED) is 0.591. The molecule has 1 fully saturated rings. The average molecular weight is 217 g/mol. The lowest BCUT2D eigenvalue weighted by Gasteiger charge is -2.13. The summed E-state index contributed by atoms with van der Waals surface area (Å²) in [6, 6.07) is 6.99. The molecule has 0 spiro atoms. The van der Waals surface area contributed by atoms with Crippen LogP contribution in [-0.2, 0) is 4.79 Å². The number of hydrogen-bond acceptors (Lipinski definition) is 3. The smallest absolute Gasteiger partial charge is 0.160 e. The van der Waals surface area contributed by atoms with E-state index in [1.54, 1.807) is 24.4 Å². The van der Waals surface area contributed by atoms with Crippen LogP contribution in [0.15, 0.2) is 36.0 Å². The number of Topliss-reactive ketones (excluding diaryl/α,β-unsaturated/α-hetero) is 1. The van der Waals surface area contributed by atoms with Crippen molar-refractivity contribution in [1.82, 2.24) is 0 Å². The molecule has 2 rings (SSSR count). The summed E-state index contributed by atoms with van der Waals surface area (Å²) in [5, 5.41) is 12.5. The van der Waals surface area contributed by atoms with Crippen LogP contribution in [0.4, 0.5) is 5.69 Å². The fraction of sp³-hybridized carbons (Fsp3) is 0.308. The van der Waals surface area contributed by atoms with E-state index in [0.717, 1.165) is 24.8 Å².